The fourth-order valence-corrected chi connectivity index (χ4v) is 4.87. The molecule has 5 rings (SSSR count). The Labute approximate surface area is 193 Å². The van der Waals surface area contributed by atoms with Gasteiger partial charge in [0, 0.05) is 36.7 Å². The molecule has 0 amide bonds. The molecule has 8 heteroatoms. The van der Waals surface area contributed by atoms with Crippen LogP contribution in [0.1, 0.15) is 42.9 Å². The van der Waals surface area contributed by atoms with Crippen molar-refractivity contribution in [3.63, 3.8) is 0 Å². The molecule has 1 aliphatic heterocycles. The zero-order valence-electron chi connectivity index (χ0n) is 18.9. The van der Waals surface area contributed by atoms with Crippen LogP contribution in [0.25, 0.3) is 10.9 Å². The van der Waals surface area contributed by atoms with Gasteiger partial charge in [-0.2, -0.15) is 5.26 Å². The van der Waals surface area contributed by atoms with Gasteiger partial charge in [-0.15, -0.1) is 0 Å². The predicted octanol–water partition coefficient (Wildman–Crippen LogP) is 3.62. The van der Waals surface area contributed by atoms with Crippen molar-refractivity contribution in [1.82, 2.24) is 19.9 Å². The molecule has 1 aromatic carbocycles. The van der Waals surface area contributed by atoms with Crippen LogP contribution in [0, 0.1) is 24.2 Å². The molecule has 0 bridgehead atoms. The van der Waals surface area contributed by atoms with Gasteiger partial charge in [0.25, 0.3) is 0 Å². The fraction of sp³-hybridized carbons (Fsp3) is 0.480. The van der Waals surface area contributed by atoms with Gasteiger partial charge in [-0.05, 0) is 57.1 Å². The zero-order valence-corrected chi connectivity index (χ0v) is 18.9. The smallest absolute Gasteiger partial charge is 0.155 e. The van der Waals surface area contributed by atoms with Gasteiger partial charge in [-0.25, -0.2) is 19.9 Å². The maximum atomic E-state index is 9.65. The number of benzene rings is 1. The first kappa shape index (κ1) is 21.5. The van der Waals surface area contributed by atoms with Gasteiger partial charge in [0.15, 0.2) is 5.69 Å². The molecule has 0 atom stereocenters. The number of ether oxygens (including phenoxy) is 2. The van der Waals surface area contributed by atoms with E-state index in [1.807, 2.05) is 31.3 Å². The number of hydrogen-bond acceptors (Lipinski definition) is 8. The van der Waals surface area contributed by atoms with E-state index in [0.29, 0.717) is 36.0 Å². The Morgan fingerprint density at radius 1 is 1.12 bits per heavy atom. The van der Waals surface area contributed by atoms with E-state index < -0.39 is 0 Å². The first-order valence-electron chi connectivity index (χ1n) is 11.7. The predicted molar refractivity (Wildman–Crippen MR) is 124 cm³/mol. The number of aryl methyl sites for hydroxylation is 1. The van der Waals surface area contributed by atoms with Crippen LogP contribution in [-0.2, 0) is 11.2 Å². The number of nitrogens with zero attached hydrogens (tertiary/aromatic N) is 6. The molecule has 0 spiro atoms. The van der Waals surface area contributed by atoms with Crippen molar-refractivity contribution in [2.24, 2.45) is 5.92 Å². The summed E-state index contributed by atoms with van der Waals surface area (Å²) in [5.74, 6) is 2.14. The molecule has 0 N–H and O–H groups in total. The molecule has 0 unspecified atom stereocenters. The molecule has 2 fully saturated rings. The number of hydrogen-bond donors (Lipinski definition) is 0. The Bertz CT molecular complexity index is 1160. The number of morpholine rings is 1. The summed E-state index contributed by atoms with van der Waals surface area (Å²) in [6, 6.07) is 8.30. The summed E-state index contributed by atoms with van der Waals surface area (Å²) in [5.41, 5.74) is 3.27. The number of fused-ring (bicyclic) bond motifs is 1. The molecule has 0 radical (unpaired) electrons. The molecule has 3 heterocycles. The largest absolute Gasteiger partial charge is 0.490 e. The van der Waals surface area contributed by atoms with Gasteiger partial charge < -0.3 is 14.4 Å². The van der Waals surface area contributed by atoms with Gasteiger partial charge in [-0.3, -0.25) is 0 Å². The highest BCUT2D eigenvalue weighted by Gasteiger charge is 2.25. The second-order valence-electron chi connectivity index (χ2n) is 8.83. The van der Waals surface area contributed by atoms with E-state index in [-0.39, 0.29) is 6.10 Å². The maximum Gasteiger partial charge on any atom is 0.155 e. The average Bonchev–Trinajstić information content (AvgIpc) is 2.85. The minimum Gasteiger partial charge on any atom is -0.490 e. The van der Waals surface area contributed by atoms with E-state index in [9.17, 15) is 5.26 Å². The Kier molecular flexibility index (Phi) is 6.31. The highest BCUT2D eigenvalue weighted by Crippen LogP contribution is 2.36. The van der Waals surface area contributed by atoms with Crippen LogP contribution in [0.2, 0.25) is 0 Å². The Morgan fingerprint density at radius 2 is 1.94 bits per heavy atom. The molecule has 8 nitrogen and oxygen atoms in total. The van der Waals surface area contributed by atoms with Crippen LogP contribution in [0.15, 0.2) is 30.7 Å². The highest BCUT2D eigenvalue weighted by molar-refractivity contribution is 5.92. The lowest BCUT2D eigenvalue weighted by Gasteiger charge is -2.31. The molecule has 1 saturated carbocycles. The van der Waals surface area contributed by atoms with Crippen LogP contribution < -0.4 is 9.64 Å². The van der Waals surface area contributed by atoms with E-state index >= 15 is 0 Å². The first-order chi connectivity index (χ1) is 16.2. The minimum atomic E-state index is 0.114. The summed E-state index contributed by atoms with van der Waals surface area (Å²) in [6.45, 7) is 5.00. The van der Waals surface area contributed by atoms with Crippen molar-refractivity contribution in [3.8, 4) is 11.8 Å². The van der Waals surface area contributed by atoms with E-state index in [2.05, 4.69) is 30.9 Å². The van der Waals surface area contributed by atoms with Crippen molar-refractivity contribution in [2.75, 3.05) is 31.2 Å². The summed E-state index contributed by atoms with van der Waals surface area (Å²) >= 11 is 0. The number of aromatic nitrogens is 4. The van der Waals surface area contributed by atoms with E-state index in [4.69, 9.17) is 9.47 Å². The van der Waals surface area contributed by atoms with Crippen molar-refractivity contribution >= 4 is 16.6 Å². The highest BCUT2D eigenvalue weighted by atomic mass is 16.5. The van der Waals surface area contributed by atoms with Crippen molar-refractivity contribution in [2.45, 2.75) is 45.1 Å². The molecule has 3 aromatic rings. The second-order valence-corrected chi connectivity index (χ2v) is 8.83. The molecular weight excluding hydrogens is 416 g/mol. The third kappa shape index (κ3) is 4.88. The molecule has 2 aromatic heterocycles. The fourth-order valence-electron chi connectivity index (χ4n) is 4.87. The lowest BCUT2D eigenvalue weighted by molar-refractivity contribution is 0.122. The van der Waals surface area contributed by atoms with E-state index in [1.54, 1.807) is 0 Å². The lowest BCUT2D eigenvalue weighted by atomic mass is 9.84. The number of anilines is 1. The molecular formula is C25H28N6O2. The van der Waals surface area contributed by atoms with Gasteiger partial charge >= 0.3 is 0 Å². The third-order valence-corrected chi connectivity index (χ3v) is 6.59. The topological polar surface area (TPSA) is 97.0 Å². The average molecular weight is 445 g/mol. The van der Waals surface area contributed by atoms with Crippen LogP contribution in [0.4, 0.5) is 5.69 Å². The standard InChI is InChI=1S/C25H28N6O2/c1-17-27-7-6-19(30-17)12-18-2-4-21(5-3-18)33-24-14-20(31-8-10-32-11-9-31)13-22-25(24)23(15-26)29-16-28-22/h6-7,13-14,16,18,21H,2-5,8-12H2,1H3. The van der Waals surface area contributed by atoms with E-state index in [0.717, 1.165) is 67.9 Å². The maximum absolute atomic E-state index is 9.65. The molecule has 1 saturated heterocycles. The number of nitriles is 1. The van der Waals surface area contributed by atoms with Crippen LogP contribution >= 0.6 is 0 Å². The summed E-state index contributed by atoms with van der Waals surface area (Å²) < 4.78 is 12.1. The van der Waals surface area contributed by atoms with Crippen LogP contribution in [0.5, 0.6) is 5.75 Å². The molecule has 170 valence electrons. The summed E-state index contributed by atoms with van der Waals surface area (Å²) in [6.07, 6.45) is 8.54. The van der Waals surface area contributed by atoms with Gasteiger partial charge in [0.2, 0.25) is 0 Å². The number of rotatable bonds is 5. The third-order valence-electron chi connectivity index (χ3n) is 6.59. The first-order valence-corrected chi connectivity index (χ1v) is 11.7. The summed E-state index contributed by atoms with van der Waals surface area (Å²) in [4.78, 5) is 19.7. The van der Waals surface area contributed by atoms with Crippen molar-refractivity contribution in [1.29, 1.82) is 5.26 Å². The molecule has 1 aliphatic carbocycles. The van der Waals surface area contributed by atoms with Gasteiger partial charge in [0.05, 0.1) is 30.2 Å². The lowest BCUT2D eigenvalue weighted by Crippen LogP contribution is -2.36. The summed E-state index contributed by atoms with van der Waals surface area (Å²) in [5, 5.41) is 10.3. The Balaban J connectivity index is 1.34. The SMILES string of the molecule is Cc1nccc(CC2CCC(Oc3cc(N4CCOCC4)cc4ncnc(C#N)c34)CC2)n1. The summed E-state index contributed by atoms with van der Waals surface area (Å²) in [7, 11) is 0. The van der Waals surface area contributed by atoms with Crippen LogP contribution in [-0.4, -0.2) is 52.3 Å². The second kappa shape index (κ2) is 9.67. The van der Waals surface area contributed by atoms with Crippen molar-refractivity contribution in [3.05, 3.63) is 47.9 Å². The molecule has 33 heavy (non-hydrogen) atoms. The monoisotopic (exact) mass is 444 g/mol. The normalized spacial score (nSPS) is 21.0. The van der Waals surface area contributed by atoms with Crippen molar-refractivity contribution < 1.29 is 9.47 Å². The Hall–Kier alpha value is -3.31. The van der Waals surface area contributed by atoms with Gasteiger partial charge in [-0.1, -0.05) is 0 Å². The van der Waals surface area contributed by atoms with Gasteiger partial charge in [0.1, 0.15) is 24.0 Å². The molecule has 2 aliphatic rings. The zero-order chi connectivity index (χ0) is 22.6. The van der Waals surface area contributed by atoms with E-state index in [1.165, 1.54) is 6.33 Å². The quantitative estimate of drug-likeness (QED) is 0.589. The van der Waals surface area contributed by atoms with Crippen LogP contribution in [0.3, 0.4) is 0 Å². The minimum absolute atomic E-state index is 0.114. The Morgan fingerprint density at radius 3 is 2.70 bits per heavy atom.